The number of carbonyl (C=O) groups excluding carboxylic acids is 1. The molecule has 0 aliphatic rings. The van der Waals surface area contributed by atoms with E-state index in [4.69, 9.17) is 0 Å². The molecule has 2 aromatic rings. The van der Waals surface area contributed by atoms with Crippen LogP contribution in [0.1, 0.15) is 60.5 Å². The maximum atomic E-state index is 16.0. The lowest BCUT2D eigenvalue weighted by molar-refractivity contribution is -0.137. The predicted octanol–water partition coefficient (Wildman–Crippen LogP) is 5.65. The fourth-order valence-electron chi connectivity index (χ4n) is 4.43. The van der Waals surface area contributed by atoms with Crippen LogP contribution in [0, 0.1) is 45.2 Å². The smallest absolute Gasteiger partial charge is 0.305 e. The van der Waals surface area contributed by atoms with E-state index >= 15 is 8.78 Å². The quantitative estimate of drug-likeness (QED) is 0.418. The van der Waals surface area contributed by atoms with E-state index in [1.165, 1.54) is 19.2 Å². The Hall–Kier alpha value is -3.22. The van der Waals surface area contributed by atoms with Crippen molar-refractivity contribution in [3.05, 3.63) is 70.4 Å². The Kier molecular flexibility index (Phi) is 8.96. The van der Waals surface area contributed by atoms with E-state index in [9.17, 15) is 14.7 Å². The van der Waals surface area contributed by atoms with Crippen LogP contribution < -0.4 is 10.6 Å². The van der Waals surface area contributed by atoms with Crippen molar-refractivity contribution in [2.75, 3.05) is 0 Å². The van der Waals surface area contributed by atoms with Crippen LogP contribution in [0.2, 0.25) is 0 Å². The molecule has 0 saturated carbocycles. The van der Waals surface area contributed by atoms with Gasteiger partial charge in [-0.2, -0.15) is 0 Å². The largest absolute Gasteiger partial charge is 0.481 e. The van der Waals surface area contributed by atoms with Gasteiger partial charge in [0.05, 0.1) is 12.5 Å². The van der Waals surface area contributed by atoms with E-state index in [-0.39, 0.29) is 17.0 Å². The molecule has 2 aromatic carbocycles. The summed E-state index contributed by atoms with van der Waals surface area (Å²) in [6.07, 6.45) is 1.13. The van der Waals surface area contributed by atoms with Crippen molar-refractivity contribution < 1.29 is 23.5 Å². The molecule has 1 amide bonds. The first kappa shape index (κ1) is 27.0. The molecule has 0 bridgehead atoms. The van der Waals surface area contributed by atoms with E-state index in [0.29, 0.717) is 12.0 Å². The third-order valence-corrected chi connectivity index (χ3v) is 5.75. The van der Waals surface area contributed by atoms with Crippen molar-refractivity contribution in [2.45, 2.75) is 66.5 Å². The minimum absolute atomic E-state index is 0.146. The van der Waals surface area contributed by atoms with E-state index in [1.54, 1.807) is 0 Å². The zero-order chi connectivity index (χ0) is 25.7. The van der Waals surface area contributed by atoms with E-state index in [2.05, 4.69) is 17.2 Å². The Bertz CT molecular complexity index is 1070. The summed E-state index contributed by atoms with van der Waals surface area (Å²) in [6, 6.07) is 3.14. The molecule has 2 atom stereocenters. The van der Waals surface area contributed by atoms with Gasteiger partial charge in [0.15, 0.2) is 0 Å². The SMILES string of the molecule is C=CNC(CC(C)C)C(=O)N[C@@H](CC(=O)O)c1c(F)c(C)cc(-c2c(C)cc(C)cc2C)c1F. The number of nitrogens with one attached hydrogen (secondary N) is 2. The molecule has 0 spiro atoms. The van der Waals surface area contributed by atoms with Crippen molar-refractivity contribution in [1.29, 1.82) is 0 Å². The molecular weight excluding hydrogens is 438 g/mol. The highest BCUT2D eigenvalue weighted by molar-refractivity contribution is 5.83. The Morgan fingerprint density at radius 1 is 1.03 bits per heavy atom. The van der Waals surface area contributed by atoms with Crippen LogP contribution in [0.5, 0.6) is 0 Å². The number of aryl methyl sites for hydroxylation is 4. The van der Waals surface area contributed by atoms with Crippen LogP contribution in [-0.2, 0) is 9.59 Å². The summed E-state index contributed by atoms with van der Waals surface area (Å²) >= 11 is 0. The highest BCUT2D eigenvalue weighted by atomic mass is 19.1. The first-order valence-corrected chi connectivity index (χ1v) is 11.3. The maximum absolute atomic E-state index is 16.0. The average molecular weight is 473 g/mol. The Labute approximate surface area is 200 Å². The van der Waals surface area contributed by atoms with Gasteiger partial charge >= 0.3 is 5.97 Å². The Morgan fingerprint density at radius 3 is 2.12 bits per heavy atom. The second-order valence-corrected chi connectivity index (χ2v) is 9.27. The summed E-state index contributed by atoms with van der Waals surface area (Å²) in [5, 5.41) is 14.9. The molecule has 0 aliphatic heterocycles. The number of rotatable bonds is 10. The highest BCUT2D eigenvalue weighted by Gasteiger charge is 2.30. The highest BCUT2D eigenvalue weighted by Crippen LogP contribution is 2.37. The fraction of sp³-hybridized carbons (Fsp3) is 0.407. The molecule has 0 aromatic heterocycles. The number of hydrogen-bond donors (Lipinski definition) is 3. The molecule has 0 aliphatic carbocycles. The first-order valence-electron chi connectivity index (χ1n) is 11.3. The number of halogens is 2. The van der Waals surface area contributed by atoms with Gasteiger partial charge in [0.1, 0.15) is 17.7 Å². The molecular formula is C27H34F2N2O3. The number of carbonyl (C=O) groups is 2. The number of aliphatic carboxylic acids is 1. The van der Waals surface area contributed by atoms with Crippen LogP contribution >= 0.6 is 0 Å². The van der Waals surface area contributed by atoms with Gasteiger partial charge in [-0.3, -0.25) is 9.59 Å². The van der Waals surface area contributed by atoms with Crippen LogP contribution in [0.15, 0.2) is 31.0 Å². The molecule has 34 heavy (non-hydrogen) atoms. The molecule has 3 N–H and O–H groups in total. The third kappa shape index (κ3) is 6.22. The van der Waals surface area contributed by atoms with Crippen LogP contribution in [0.3, 0.4) is 0 Å². The van der Waals surface area contributed by atoms with Crippen LogP contribution in [0.4, 0.5) is 8.78 Å². The fourth-order valence-corrected chi connectivity index (χ4v) is 4.43. The van der Waals surface area contributed by atoms with Gasteiger partial charge in [-0.1, -0.05) is 38.1 Å². The number of carboxylic acid groups (broad SMARTS) is 1. The van der Waals surface area contributed by atoms with Crippen LogP contribution in [0.25, 0.3) is 11.1 Å². The molecule has 2 rings (SSSR count). The summed E-state index contributed by atoms with van der Waals surface area (Å²) in [7, 11) is 0. The summed E-state index contributed by atoms with van der Waals surface area (Å²) in [5.74, 6) is -3.43. The second kappa shape index (κ2) is 11.3. The standard InChI is InChI=1S/C27H34F2N2O3/c1-8-30-21(9-14(2)3)27(34)31-20(13-22(32)33)24-25(28)18(7)12-19(26(24)29)23-16(5)10-15(4)11-17(23)6/h8,10-12,14,20-21,30H,1,9,13H2,2-7H3,(H,31,34)(H,32,33)/t20-,21?/m0/s1. The number of amides is 1. The molecule has 0 radical (unpaired) electrons. The number of benzene rings is 2. The molecule has 184 valence electrons. The van der Waals surface area contributed by atoms with Gasteiger partial charge in [0.25, 0.3) is 0 Å². The van der Waals surface area contributed by atoms with Gasteiger partial charge in [-0.25, -0.2) is 8.78 Å². The first-order chi connectivity index (χ1) is 15.9. The molecule has 0 fully saturated rings. The summed E-state index contributed by atoms with van der Waals surface area (Å²) in [6.45, 7) is 14.6. The Balaban J connectivity index is 2.65. The second-order valence-electron chi connectivity index (χ2n) is 9.27. The minimum atomic E-state index is -1.39. The van der Waals surface area contributed by atoms with E-state index < -0.39 is 47.6 Å². The molecule has 7 heteroatoms. The molecule has 0 saturated heterocycles. The van der Waals surface area contributed by atoms with Gasteiger partial charge in [0, 0.05) is 11.1 Å². The van der Waals surface area contributed by atoms with Gasteiger partial charge in [-0.15, -0.1) is 0 Å². The van der Waals surface area contributed by atoms with Crippen LogP contribution in [-0.4, -0.2) is 23.0 Å². The number of hydrogen-bond acceptors (Lipinski definition) is 3. The maximum Gasteiger partial charge on any atom is 0.305 e. The van der Waals surface area contributed by atoms with Crippen molar-refractivity contribution in [1.82, 2.24) is 10.6 Å². The van der Waals surface area contributed by atoms with Crippen molar-refractivity contribution in [3.8, 4) is 11.1 Å². The molecule has 0 heterocycles. The molecule has 1 unspecified atom stereocenters. The van der Waals surface area contributed by atoms with Crippen molar-refractivity contribution >= 4 is 11.9 Å². The van der Waals surface area contributed by atoms with Crippen molar-refractivity contribution in [3.63, 3.8) is 0 Å². The van der Waals surface area contributed by atoms with Crippen molar-refractivity contribution in [2.24, 2.45) is 5.92 Å². The van der Waals surface area contributed by atoms with Gasteiger partial charge in [0.2, 0.25) is 5.91 Å². The normalized spacial score (nSPS) is 12.9. The van der Waals surface area contributed by atoms with E-state index in [1.807, 2.05) is 46.8 Å². The molecule has 5 nitrogen and oxygen atoms in total. The summed E-state index contributed by atoms with van der Waals surface area (Å²) < 4.78 is 31.3. The summed E-state index contributed by atoms with van der Waals surface area (Å²) in [4.78, 5) is 24.6. The lowest BCUT2D eigenvalue weighted by atomic mass is 9.88. The minimum Gasteiger partial charge on any atom is -0.481 e. The average Bonchev–Trinajstić information content (AvgIpc) is 2.70. The van der Waals surface area contributed by atoms with E-state index in [0.717, 1.165) is 16.7 Å². The van der Waals surface area contributed by atoms with Gasteiger partial charge < -0.3 is 15.7 Å². The zero-order valence-corrected chi connectivity index (χ0v) is 20.7. The zero-order valence-electron chi connectivity index (χ0n) is 20.7. The monoisotopic (exact) mass is 472 g/mol. The Morgan fingerprint density at radius 2 is 1.62 bits per heavy atom. The van der Waals surface area contributed by atoms with Gasteiger partial charge in [-0.05, 0) is 74.6 Å². The third-order valence-electron chi connectivity index (χ3n) is 5.75. The lowest BCUT2D eigenvalue weighted by Gasteiger charge is -2.25. The number of carboxylic acids is 1. The lowest BCUT2D eigenvalue weighted by Crippen LogP contribution is -2.45. The predicted molar refractivity (Wildman–Crippen MR) is 130 cm³/mol. The summed E-state index contributed by atoms with van der Waals surface area (Å²) in [5.41, 5.74) is 3.17. The topological polar surface area (TPSA) is 78.4 Å².